The van der Waals surface area contributed by atoms with Gasteiger partial charge in [0.05, 0.1) is 6.54 Å². The van der Waals surface area contributed by atoms with E-state index >= 15 is 0 Å². The maximum Gasteiger partial charge on any atom is 0.281 e. The lowest BCUT2D eigenvalue weighted by atomic mass is 10.3. The number of amides is 1. The van der Waals surface area contributed by atoms with Crippen LogP contribution in [0.25, 0.3) is 0 Å². The van der Waals surface area contributed by atoms with Gasteiger partial charge in [0, 0.05) is 53.4 Å². The SMILES string of the molecule is CCN(CC)C(=O)CN1CCN(S(=O)(=O)N(C)C)CC1. The maximum absolute atomic E-state index is 12.0. The zero-order valence-electron chi connectivity index (χ0n) is 12.9. The molecule has 0 saturated carbocycles. The van der Waals surface area contributed by atoms with E-state index in [2.05, 4.69) is 0 Å². The molecule has 0 aromatic carbocycles. The fourth-order valence-electron chi connectivity index (χ4n) is 2.22. The second-order valence-corrected chi connectivity index (χ2v) is 7.17. The van der Waals surface area contributed by atoms with Crippen LogP contribution in [0.5, 0.6) is 0 Å². The molecular formula is C12H26N4O3S. The van der Waals surface area contributed by atoms with E-state index < -0.39 is 10.2 Å². The third-order valence-corrected chi connectivity index (χ3v) is 5.53. The van der Waals surface area contributed by atoms with E-state index in [0.29, 0.717) is 45.8 Å². The molecule has 0 spiro atoms. The van der Waals surface area contributed by atoms with Gasteiger partial charge in [0.1, 0.15) is 0 Å². The Balaban J connectivity index is 2.49. The van der Waals surface area contributed by atoms with E-state index in [4.69, 9.17) is 0 Å². The lowest BCUT2D eigenvalue weighted by Crippen LogP contribution is -2.53. The van der Waals surface area contributed by atoms with E-state index in [9.17, 15) is 13.2 Å². The molecule has 0 atom stereocenters. The Morgan fingerprint density at radius 2 is 1.55 bits per heavy atom. The molecule has 118 valence electrons. The van der Waals surface area contributed by atoms with Crippen molar-refractivity contribution in [2.45, 2.75) is 13.8 Å². The van der Waals surface area contributed by atoms with Gasteiger partial charge in [-0.3, -0.25) is 9.69 Å². The minimum Gasteiger partial charge on any atom is -0.342 e. The van der Waals surface area contributed by atoms with Crippen LogP contribution in [0.3, 0.4) is 0 Å². The van der Waals surface area contributed by atoms with E-state index in [1.165, 1.54) is 22.7 Å². The Labute approximate surface area is 122 Å². The molecule has 0 aromatic rings. The van der Waals surface area contributed by atoms with Crippen molar-refractivity contribution in [1.29, 1.82) is 0 Å². The first-order valence-electron chi connectivity index (χ1n) is 7.00. The Bertz CT molecular complexity index is 412. The molecule has 0 unspecified atom stereocenters. The molecule has 1 heterocycles. The lowest BCUT2D eigenvalue weighted by Gasteiger charge is -2.35. The summed E-state index contributed by atoms with van der Waals surface area (Å²) in [5, 5.41) is 0. The fourth-order valence-corrected chi connectivity index (χ4v) is 3.30. The molecule has 0 aliphatic carbocycles. The van der Waals surface area contributed by atoms with Gasteiger partial charge in [-0.1, -0.05) is 0 Å². The number of nitrogens with zero attached hydrogens (tertiary/aromatic N) is 4. The summed E-state index contributed by atoms with van der Waals surface area (Å²) >= 11 is 0. The molecule has 0 N–H and O–H groups in total. The predicted molar refractivity (Wildman–Crippen MR) is 78.5 cm³/mol. The molecule has 0 bridgehead atoms. The van der Waals surface area contributed by atoms with Gasteiger partial charge in [-0.15, -0.1) is 0 Å². The average Bonchev–Trinajstić information content (AvgIpc) is 2.40. The first-order valence-corrected chi connectivity index (χ1v) is 8.40. The zero-order valence-corrected chi connectivity index (χ0v) is 13.7. The van der Waals surface area contributed by atoms with Crippen LogP contribution in [-0.4, -0.2) is 92.6 Å². The summed E-state index contributed by atoms with van der Waals surface area (Å²) < 4.78 is 26.6. The van der Waals surface area contributed by atoms with E-state index in [0.717, 1.165) is 0 Å². The first kappa shape index (κ1) is 17.4. The highest BCUT2D eigenvalue weighted by Gasteiger charge is 2.29. The smallest absolute Gasteiger partial charge is 0.281 e. The summed E-state index contributed by atoms with van der Waals surface area (Å²) in [5.74, 6) is 0.110. The lowest BCUT2D eigenvalue weighted by molar-refractivity contribution is -0.132. The largest absolute Gasteiger partial charge is 0.342 e. The molecule has 8 heteroatoms. The quantitative estimate of drug-likeness (QED) is 0.650. The number of rotatable bonds is 6. The molecule has 1 saturated heterocycles. The maximum atomic E-state index is 12.0. The van der Waals surface area contributed by atoms with Gasteiger partial charge in [-0.05, 0) is 13.8 Å². The van der Waals surface area contributed by atoms with Crippen LogP contribution < -0.4 is 0 Å². The highest BCUT2D eigenvalue weighted by Crippen LogP contribution is 2.09. The first-order chi connectivity index (χ1) is 9.32. The summed E-state index contributed by atoms with van der Waals surface area (Å²) in [6.45, 7) is 7.79. The van der Waals surface area contributed by atoms with Crippen LogP contribution in [0.1, 0.15) is 13.8 Å². The number of likely N-dealkylation sites (N-methyl/N-ethyl adjacent to an activating group) is 1. The minimum atomic E-state index is -3.33. The second-order valence-electron chi connectivity index (χ2n) is 5.03. The minimum absolute atomic E-state index is 0.110. The van der Waals surface area contributed by atoms with Crippen molar-refractivity contribution in [3.05, 3.63) is 0 Å². The Morgan fingerprint density at radius 3 is 1.95 bits per heavy atom. The van der Waals surface area contributed by atoms with Crippen LogP contribution in [0.15, 0.2) is 0 Å². The number of piperazine rings is 1. The summed E-state index contributed by atoms with van der Waals surface area (Å²) in [4.78, 5) is 15.8. The Morgan fingerprint density at radius 1 is 1.05 bits per heavy atom. The standard InChI is InChI=1S/C12H26N4O3S/c1-5-15(6-2)12(17)11-14-7-9-16(10-8-14)20(18,19)13(3)4/h5-11H2,1-4H3. The second kappa shape index (κ2) is 7.35. The van der Waals surface area contributed by atoms with Gasteiger partial charge in [0.15, 0.2) is 0 Å². The van der Waals surface area contributed by atoms with Crippen LogP contribution in [-0.2, 0) is 15.0 Å². The molecule has 0 radical (unpaired) electrons. The Kier molecular flexibility index (Phi) is 6.38. The monoisotopic (exact) mass is 306 g/mol. The summed E-state index contributed by atoms with van der Waals surface area (Å²) in [6, 6.07) is 0. The van der Waals surface area contributed by atoms with Crippen molar-refractivity contribution in [2.24, 2.45) is 0 Å². The number of hydrogen-bond acceptors (Lipinski definition) is 4. The van der Waals surface area contributed by atoms with Gasteiger partial charge in [0.2, 0.25) is 5.91 Å². The number of carbonyl (C=O) groups excluding carboxylic acids is 1. The molecule has 1 amide bonds. The van der Waals surface area contributed by atoms with E-state index in [1.807, 2.05) is 18.7 Å². The highest BCUT2D eigenvalue weighted by molar-refractivity contribution is 7.86. The molecule has 1 aliphatic heterocycles. The molecular weight excluding hydrogens is 280 g/mol. The third kappa shape index (κ3) is 4.15. The zero-order chi connectivity index (χ0) is 15.3. The Hall–Kier alpha value is -0.700. The molecule has 1 fully saturated rings. The fraction of sp³-hybridized carbons (Fsp3) is 0.917. The van der Waals surface area contributed by atoms with Crippen LogP contribution in [0.2, 0.25) is 0 Å². The summed E-state index contributed by atoms with van der Waals surface area (Å²) in [5.41, 5.74) is 0. The van der Waals surface area contributed by atoms with Crippen molar-refractivity contribution in [1.82, 2.24) is 18.4 Å². The van der Waals surface area contributed by atoms with Gasteiger partial charge in [-0.25, -0.2) is 0 Å². The number of hydrogen-bond donors (Lipinski definition) is 0. The van der Waals surface area contributed by atoms with Crippen LogP contribution in [0, 0.1) is 0 Å². The van der Waals surface area contributed by atoms with E-state index in [-0.39, 0.29) is 5.91 Å². The topological polar surface area (TPSA) is 64.2 Å². The van der Waals surface area contributed by atoms with Crippen LogP contribution in [0.4, 0.5) is 0 Å². The van der Waals surface area contributed by atoms with Gasteiger partial charge in [-0.2, -0.15) is 17.0 Å². The van der Waals surface area contributed by atoms with Crippen molar-refractivity contribution in [3.8, 4) is 0 Å². The molecule has 0 aromatic heterocycles. The van der Waals surface area contributed by atoms with Crippen molar-refractivity contribution < 1.29 is 13.2 Å². The highest BCUT2D eigenvalue weighted by atomic mass is 32.2. The van der Waals surface area contributed by atoms with Gasteiger partial charge >= 0.3 is 0 Å². The van der Waals surface area contributed by atoms with Crippen molar-refractivity contribution in [2.75, 3.05) is 59.9 Å². The molecule has 20 heavy (non-hydrogen) atoms. The van der Waals surface area contributed by atoms with Crippen molar-refractivity contribution in [3.63, 3.8) is 0 Å². The average molecular weight is 306 g/mol. The normalized spacial score (nSPS) is 18.4. The van der Waals surface area contributed by atoms with Gasteiger partial charge in [0.25, 0.3) is 10.2 Å². The molecule has 1 rings (SSSR count). The molecule has 7 nitrogen and oxygen atoms in total. The number of carbonyl (C=O) groups is 1. The van der Waals surface area contributed by atoms with Crippen LogP contribution >= 0.6 is 0 Å². The predicted octanol–water partition coefficient (Wildman–Crippen LogP) is -0.721. The summed E-state index contributed by atoms with van der Waals surface area (Å²) in [6.07, 6.45) is 0. The third-order valence-electron chi connectivity index (χ3n) is 3.59. The molecule has 1 aliphatic rings. The van der Waals surface area contributed by atoms with Crippen molar-refractivity contribution >= 4 is 16.1 Å². The summed E-state index contributed by atoms with van der Waals surface area (Å²) in [7, 11) is -0.266. The van der Waals surface area contributed by atoms with Gasteiger partial charge < -0.3 is 4.90 Å². The van der Waals surface area contributed by atoms with E-state index in [1.54, 1.807) is 4.90 Å².